The van der Waals surface area contributed by atoms with Crippen LogP contribution in [0, 0.1) is 6.92 Å². The third-order valence-corrected chi connectivity index (χ3v) is 7.09. The first kappa shape index (κ1) is 21.4. The molecule has 2 aromatic carbocycles. The summed E-state index contributed by atoms with van der Waals surface area (Å²) in [7, 11) is 2.03. The van der Waals surface area contributed by atoms with Crippen molar-refractivity contribution < 1.29 is 4.79 Å². The van der Waals surface area contributed by atoms with E-state index in [4.69, 9.17) is 0 Å². The van der Waals surface area contributed by atoms with Crippen LogP contribution in [0.15, 0.2) is 71.5 Å². The highest BCUT2D eigenvalue weighted by Crippen LogP contribution is 2.46. The summed E-state index contributed by atoms with van der Waals surface area (Å²) in [5.74, 6) is 0.927. The normalized spacial score (nSPS) is 17.1. The Morgan fingerprint density at radius 2 is 1.77 bits per heavy atom. The molecule has 2 heterocycles. The van der Waals surface area contributed by atoms with Gasteiger partial charge < -0.3 is 9.47 Å². The second kappa shape index (κ2) is 8.35. The molecule has 0 radical (unpaired) electrons. The van der Waals surface area contributed by atoms with Crippen LogP contribution in [0.2, 0.25) is 0 Å². The van der Waals surface area contributed by atoms with Crippen molar-refractivity contribution in [2.45, 2.75) is 50.1 Å². The molecule has 0 amide bonds. The summed E-state index contributed by atoms with van der Waals surface area (Å²) in [6, 6.07) is 18.6. The Kier molecular flexibility index (Phi) is 5.75. The summed E-state index contributed by atoms with van der Waals surface area (Å²) in [6.45, 7) is 8.92. The summed E-state index contributed by atoms with van der Waals surface area (Å²) < 4.78 is 2.07. The summed E-state index contributed by atoms with van der Waals surface area (Å²) >= 11 is 1.46. The highest BCUT2D eigenvalue weighted by molar-refractivity contribution is 8.00. The van der Waals surface area contributed by atoms with Crippen LogP contribution in [-0.4, -0.2) is 32.8 Å². The van der Waals surface area contributed by atoms with Crippen molar-refractivity contribution in [2.75, 3.05) is 11.9 Å². The first-order valence-electron chi connectivity index (χ1n) is 10.5. The van der Waals surface area contributed by atoms with Crippen LogP contribution in [0.1, 0.15) is 37.7 Å². The van der Waals surface area contributed by atoms with Gasteiger partial charge in [-0.05, 0) is 31.0 Å². The number of hydrogen-bond donors (Lipinski definition) is 0. The van der Waals surface area contributed by atoms with Crippen LogP contribution < -0.4 is 4.90 Å². The van der Waals surface area contributed by atoms with Gasteiger partial charge in [0.1, 0.15) is 5.82 Å². The predicted octanol–water partition coefficient (Wildman–Crippen LogP) is 5.00. The van der Waals surface area contributed by atoms with Crippen LogP contribution >= 0.6 is 11.8 Å². The molecule has 1 aliphatic heterocycles. The van der Waals surface area contributed by atoms with Gasteiger partial charge in [-0.25, -0.2) is 0 Å². The number of aromatic nitrogens is 3. The SMILES string of the molecule is Cc1nnc(SC(C)C(=O)/C=C2\N(C)c3ccccc3C2(C)C)n1Cc1ccccc1. The van der Waals surface area contributed by atoms with Gasteiger partial charge in [-0.15, -0.1) is 10.2 Å². The molecule has 0 aliphatic carbocycles. The minimum Gasteiger partial charge on any atom is -0.347 e. The third-order valence-electron chi connectivity index (χ3n) is 5.99. The molecular formula is C25H28N4OS. The monoisotopic (exact) mass is 432 g/mol. The maximum atomic E-state index is 13.2. The topological polar surface area (TPSA) is 51.0 Å². The van der Waals surface area contributed by atoms with Crippen molar-refractivity contribution in [3.05, 3.63) is 83.3 Å². The predicted molar refractivity (Wildman–Crippen MR) is 127 cm³/mol. The number of benzene rings is 2. The summed E-state index contributed by atoms with van der Waals surface area (Å²) in [4.78, 5) is 15.3. The van der Waals surface area contributed by atoms with Gasteiger partial charge in [0.25, 0.3) is 0 Å². The molecule has 31 heavy (non-hydrogen) atoms. The van der Waals surface area contributed by atoms with E-state index >= 15 is 0 Å². The van der Waals surface area contributed by atoms with Crippen molar-refractivity contribution in [1.29, 1.82) is 0 Å². The fourth-order valence-electron chi connectivity index (χ4n) is 4.12. The molecule has 1 aromatic heterocycles. The van der Waals surface area contributed by atoms with E-state index in [1.165, 1.54) is 22.9 Å². The van der Waals surface area contributed by atoms with E-state index in [9.17, 15) is 4.79 Å². The number of para-hydroxylation sites is 1. The lowest BCUT2D eigenvalue weighted by molar-refractivity contribution is -0.114. The zero-order valence-corrected chi connectivity index (χ0v) is 19.5. The van der Waals surface area contributed by atoms with E-state index in [0.29, 0.717) is 6.54 Å². The zero-order valence-electron chi connectivity index (χ0n) is 18.7. The largest absolute Gasteiger partial charge is 0.347 e. The maximum Gasteiger partial charge on any atom is 0.192 e. The number of likely N-dealkylation sites (N-methyl/N-ethyl adjacent to an activating group) is 1. The van der Waals surface area contributed by atoms with Gasteiger partial charge in [-0.1, -0.05) is 74.1 Å². The van der Waals surface area contributed by atoms with Crippen molar-refractivity contribution in [2.24, 2.45) is 0 Å². The molecule has 1 aliphatic rings. The second-order valence-electron chi connectivity index (χ2n) is 8.49. The van der Waals surface area contributed by atoms with Gasteiger partial charge in [0.2, 0.25) is 0 Å². The maximum absolute atomic E-state index is 13.2. The number of aryl methyl sites for hydroxylation is 1. The molecule has 0 saturated heterocycles. The van der Waals surface area contributed by atoms with E-state index in [0.717, 1.165) is 22.4 Å². The number of nitrogens with zero attached hydrogens (tertiary/aromatic N) is 4. The van der Waals surface area contributed by atoms with Crippen molar-refractivity contribution in [3.8, 4) is 0 Å². The highest BCUT2D eigenvalue weighted by Gasteiger charge is 2.38. The van der Waals surface area contributed by atoms with Crippen LogP contribution in [0.25, 0.3) is 0 Å². The molecule has 1 atom stereocenters. The molecule has 1 unspecified atom stereocenters. The third kappa shape index (κ3) is 4.04. The molecule has 4 rings (SSSR count). The van der Waals surface area contributed by atoms with E-state index in [-0.39, 0.29) is 16.4 Å². The number of carbonyl (C=O) groups is 1. The van der Waals surface area contributed by atoms with E-state index in [1.54, 1.807) is 0 Å². The highest BCUT2D eigenvalue weighted by atomic mass is 32.2. The molecule has 6 heteroatoms. The summed E-state index contributed by atoms with van der Waals surface area (Å²) in [5.41, 5.74) is 4.39. The number of anilines is 1. The molecule has 0 bridgehead atoms. The van der Waals surface area contributed by atoms with E-state index < -0.39 is 0 Å². The number of carbonyl (C=O) groups excluding carboxylic acids is 1. The molecule has 0 fully saturated rings. The van der Waals surface area contributed by atoms with Crippen LogP contribution in [0.5, 0.6) is 0 Å². The Balaban J connectivity index is 1.54. The van der Waals surface area contributed by atoms with Crippen molar-refractivity contribution in [3.63, 3.8) is 0 Å². The van der Waals surface area contributed by atoms with Crippen LogP contribution in [0.3, 0.4) is 0 Å². The molecule has 5 nitrogen and oxygen atoms in total. The molecule has 0 N–H and O–H groups in total. The number of fused-ring (bicyclic) bond motifs is 1. The second-order valence-corrected chi connectivity index (χ2v) is 9.80. The summed E-state index contributed by atoms with van der Waals surface area (Å²) in [6.07, 6.45) is 1.81. The molecular weight excluding hydrogens is 404 g/mol. The quantitative estimate of drug-likeness (QED) is 0.405. The van der Waals surface area contributed by atoms with Gasteiger partial charge >= 0.3 is 0 Å². The lowest BCUT2D eigenvalue weighted by Gasteiger charge is -2.24. The molecule has 0 saturated carbocycles. The zero-order chi connectivity index (χ0) is 22.2. The van der Waals surface area contributed by atoms with Gasteiger partial charge in [0.05, 0.1) is 11.8 Å². The van der Waals surface area contributed by atoms with Gasteiger partial charge in [-0.3, -0.25) is 4.79 Å². The fraction of sp³-hybridized carbons (Fsp3) is 0.320. The Morgan fingerprint density at radius 3 is 2.48 bits per heavy atom. The first-order valence-corrected chi connectivity index (χ1v) is 11.4. The first-order chi connectivity index (χ1) is 14.8. The minimum atomic E-state index is -0.265. The Labute approximate surface area is 188 Å². The lowest BCUT2D eigenvalue weighted by Crippen LogP contribution is -2.25. The number of hydrogen-bond acceptors (Lipinski definition) is 5. The van der Waals surface area contributed by atoms with Gasteiger partial charge in [0, 0.05) is 29.9 Å². The van der Waals surface area contributed by atoms with E-state index in [1.807, 2.05) is 51.2 Å². The van der Waals surface area contributed by atoms with E-state index in [2.05, 4.69) is 63.8 Å². The Hall–Kier alpha value is -2.86. The van der Waals surface area contributed by atoms with Gasteiger partial charge in [0.15, 0.2) is 10.9 Å². The Morgan fingerprint density at radius 1 is 1.10 bits per heavy atom. The molecule has 0 spiro atoms. The molecule has 3 aromatic rings. The minimum absolute atomic E-state index is 0.0830. The average Bonchev–Trinajstić information content (AvgIpc) is 3.19. The van der Waals surface area contributed by atoms with Gasteiger partial charge in [-0.2, -0.15) is 0 Å². The number of rotatable bonds is 6. The summed E-state index contributed by atoms with van der Waals surface area (Å²) in [5, 5.41) is 9.08. The average molecular weight is 433 g/mol. The number of thioether (sulfide) groups is 1. The number of ketones is 1. The Bertz CT molecular complexity index is 1130. The van der Waals surface area contributed by atoms with Crippen molar-refractivity contribution >= 4 is 23.2 Å². The van der Waals surface area contributed by atoms with Crippen LogP contribution in [-0.2, 0) is 16.8 Å². The molecule has 160 valence electrons. The van der Waals surface area contributed by atoms with Crippen molar-refractivity contribution in [1.82, 2.24) is 14.8 Å². The smallest absolute Gasteiger partial charge is 0.192 e. The lowest BCUT2D eigenvalue weighted by atomic mass is 9.83. The fourth-order valence-corrected chi connectivity index (χ4v) is 5.04. The number of allylic oxidation sites excluding steroid dienone is 2. The van der Waals surface area contributed by atoms with Crippen LogP contribution in [0.4, 0.5) is 5.69 Å². The standard InChI is InChI=1S/C25H28N4OS/c1-17(31-24-27-26-18(2)29(24)16-19-11-7-6-8-12-19)22(30)15-23-25(3,4)20-13-9-10-14-21(20)28(23)5/h6-15,17H,16H2,1-5H3/b23-15-.